The number of aromatic nitrogens is 2. The molecule has 11 heteroatoms. The molecule has 1 fully saturated rings. The fraction of sp³-hybridized carbons (Fsp3) is 0.385. The van der Waals surface area contributed by atoms with Crippen LogP contribution in [-0.4, -0.2) is 72.6 Å². The van der Waals surface area contributed by atoms with E-state index in [1.165, 1.54) is 6.08 Å². The Morgan fingerprint density at radius 1 is 1.14 bits per heavy atom. The Balaban J connectivity index is 1.63. The molecule has 2 aromatic rings. The Morgan fingerprint density at radius 2 is 1.81 bits per heavy atom. The van der Waals surface area contributed by atoms with Gasteiger partial charge in [-0.25, -0.2) is 0 Å². The zero-order valence-electron chi connectivity index (χ0n) is 21.1. The highest BCUT2D eigenvalue weighted by Gasteiger charge is 2.32. The molecule has 1 aromatic carbocycles. The minimum absolute atomic E-state index is 0.0477. The first-order valence-electron chi connectivity index (χ1n) is 12.2. The van der Waals surface area contributed by atoms with Gasteiger partial charge in [-0.2, -0.15) is 5.10 Å². The maximum Gasteiger partial charge on any atom is 0.254 e. The number of nitrogens with zero attached hydrogens (tertiary/aromatic N) is 3. The summed E-state index contributed by atoms with van der Waals surface area (Å²) in [4.78, 5) is 30.9. The molecule has 0 bridgehead atoms. The predicted octanol–water partition coefficient (Wildman–Crippen LogP) is 1.43. The van der Waals surface area contributed by atoms with Gasteiger partial charge in [-0.1, -0.05) is 6.58 Å². The van der Waals surface area contributed by atoms with Crippen LogP contribution in [-0.2, 0) is 9.59 Å². The summed E-state index contributed by atoms with van der Waals surface area (Å²) in [7, 11) is 3.08. The van der Waals surface area contributed by atoms with Crippen LogP contribution in [0.3, 0.4) is 0 Å². The summed E-state index contributed by atoms with van der Waals surface area (Å²) < 4.78 is 11.2. The van der Waals surface area contributed by atoms with E-state index >= 15 is 0 Å². The van der Waals surface area contributed by atoms with Gasteiger partial charge in [0.1, 0.15) is 22.9 Å². The van der Waals surface area contributed by atoms with Crippen LogP contribution in [0.2, 0.25) is 0 Å². The molecular formula is C26H33N7O4. The molecule has 37 heavy (non-hydrogen) atoms. The standard InChI is InChI=1S/C26H33N7O4/c1-4-21(34)33-11-7-15(8-12-33)17-5-9-29-26(31-17)23(25(28)35)24(27)16-13-19(36-2)22(20(14-16)37-3)18-6-10-30-32-18/h4,6,10,13-15,17H,1,5,7-9,11-12,27H2,2-3H3,(H2,28,35)(H,29,31)(H,30,32). The van der Waals surface area contributed by atoms with Crippen LogP contribution < -0.4 is 26.3 Å². The number of rotatable bonds is 8. The van der Waals surface area contributed by atoms with Crippen LogP contribution in [0.1, 0.15) is 24.8 Å². The van der Waals surface area contributed by atoms with Gasteiger partial charge in [-0.15, -0.1) is 0 Å². The molecule has 1 aromatic heterocycles. The van der Waals surface area contributed by atoms with Crippen molar-refractivity contribution in [2.75, 3.05) is 33.9 Å². The van der Waals surface area contributed by atoms with Crippen LogP contribution >= 0.6 is 0 Å². The number of likely N-dealkylation sites (tertiary alicyclic amines) is 1. The average molecular weight is 508 g/mol. The molecule has 1 saturated heterocycles. The third-order valence-electron chi connectivity index (χ3n) is 6.97. The second-order valence-corrected chi connectivity index (χ2v) is 9.02. The number of amidine groups is 1. The van der Waals surface area contributed by atoms with Gasteiger partial charge >= 0.3 is 0 Å². The van der Waals surface area contributed by atoms with E-state index in [0.717, 1.165) is 19.3 Å². The number of aromatic amines is 1. The van der Waals surface area contributed by atoms with Crippen molar-refractivity contribution < 1.29 is 19.1 Å². The van der Waals surface area contributed by atoms with Crippen LogP contribution in [0.5, 0.6) is 11.5 Å². The SMILES string of the molecule is C=CC(=O)N1CCC(C2CCN=C(C(C(N)=O)=C(N)c3cc(OC)c(-c4ccn[nH]4)c(OC)c3)N2)CC1. The van der Waals surface area contributed by atoms with Crippen molar-refractivity contribution in [3.8, 4) is 22.8 Å². The lowest BCUT2D eigenvalue weighted by molar-refractivity contribution is -0.127. The van der Waals surface area contributed by atoms with Gasteiger partial charge in [0.05, 0.1) is 31.2 Å². The number of amides is 2. The molecule has 0 radical (unpaired) electrons. The molecule has 2 aliphatic heterocycles. The number of piperidine rings is 1. The second kappa shape index (κ2) is 11.2. The van der Waals surface area contributed by atoms with Crippen molar-refractivity contribution in [2.24, 2.45) is 22.4 Å². The van der Waals surface area contributed by atoms with Crippen LogP contribution in [0.15, 0.2) is 47.6 Å². The molecule has 1 unspecified atom stereocenters. The fourth-order valence-electron chi connectivity index (χ4n) is 5.01. The molecule has 0 aliphatic carbocycles. The van der Waals surface area contributed by atoms with Crippen molar-refractivity contribution in [1.29, 1.82) is 0 Å². The maximum atomic E-state index is 12.6. The van der Waals surface area contributed by atoms with Gasteiger partial charge in [0.15, 0.2) is 0 Å². The molecule has 2 amide bonds. The number of ether oxygens (including phenoxy) is 2. The highest BCUT2D eigenvalue weighted by Crippen LogP contribution is 2.40. The number of benzene rings is 1. The van der Waals surface area contributed by atoms with E-state index in [-0.39, 0.29) is 23.2 Å². The second-order valence-electron chi connectivity index (χ2n) is 9.02. The quantitative estimate of drug-likeness (QED) is 0.393. The molecule has 0 saturated carbocycles. The summed E-state index contributed by atoms with van der Waals surface area (Å²) in [6, 6.07) is 5.34. The normalized spacial score (nSPS) is 18.8. The van der Waals surface area contributed by atoms with Gasteiger partial charge < -0.3 is 31.2 Å². The summed E-state index contributed by atoms with van der Waals surface area (Å²) in [6.45, 7) is 5.45. The van der Waals surface area contributed by atoms with E-state index in [0.29, 0.717) is 59.7 Å². The Hall–Kier alpha value is -4.28. The number of H-pyrrole nitrogens is 1. The van der Waals surface area contributed by atoms with Crippen molar-refractivity contribution >= 4 is 23.3 Å². The van der Waals surface area contributed by atoms with Gasteiger partial charge in [0.25, 0.3) is 5.91 Å². The maximum absolute atomic E-state index is 12.6. The smallest absolute Gasteiger partial charge is 0.254 e. The molecule has 3 heterocycles. The summed E-state index contributed by atoms with van der Waals surface area (Å²) in [6.07, 6.45) is 5.49. The summed E-state index contributed by atoms with van der Waals surface area (Å²) in [5.74, 6) is 0.940. The number of methoxy groups -OCH3 is 2. The minimum atomic E-state index is -0.689. The highest BCUT2D eigenvalue weighted by molar-refractivity contribution is 6.25. The lowest BCUT2D eigenvalue weighted by atomic mass is 9.86. The van der Waals surface area contributed by atoms with E-state index in [4.69, 9.17) is 20.9 Å². The average Bonchev–Trinajstić information content (AvgIpc) is 3.46. The molecule has 4 rings (SSSR count). The number of nitrogens with two attached hydrogens (primary N) is 2. The number of carbonyl (C=O) groups excluding carboxylic acids is 2. The van der Waals surface area contributed by atoms with E-state index in [1.54, 1.807) is 38.6 Å². The number of hydrogen-bond acceptors (Lipinski definition) is 8. The van der Waals surface area contributed by atoms with E-state index in [1.807, 2.05) is 4.90 Å². The Labute approximate surface area is 215 Å². The van der Waals surface area contributed by atoms with Gasteiger partial charge in [-0.3, -0.25) is 19.7 Å². The molecule has 196 valence electrons. The van der Waals surface area contributed by atoms with Crippen molar-refractivity contribution in [3.63, 3.8) is 0 Å². The van der Waals surface area contributed by atoms with Gasteiger partial charge in [0.2, 0.25) is 5.91 Å². The lowest BCUT2D eigenvalue weighted by Gasteiger charge is -2.38. The Morgan fingerprint density at radius 3 is 2.35 bits per heavy atom. The Bertz CT molecular complexity index is 1200. The van der Waals surface area contributed by atoms with Gasteiger partial charge in [0, 0.05) is 37.4 Å². The zero-order valence-corrected chi connectivity index (χ0v) is 21.1. The van der Waals surface area contributed by atoms with E-state index in [9.17, 15) is 9.59 Å². The predicted molar refractivity (Wildman–Crippen MR) is 141 cm³/mol. The number of carbonyl (C=O) groups is 2. The van der Waals surface area contributed by atoms with Crippen molar-refractivity contribution in [2.45, 2.75) is 25.3 Å². The van der Waals surface area contributed by atoms with E-state index < -0.39 is 5.91 Å². The monoisotopic (exact) mass is 507 g/mol. The molecule has 6 N–H and O–H groups in total. The lowest BCUT2D eigenvalue weighted by Crippen LogP contribution is -2.50. The number of aliphatic imine (C=N–C) groups is 1. The summed E-state index contributed by atoms with van der Waals surface area (Å²) in [5.41, 5.74) is 14.5. The number of nitrogens with one attached hydrogen (secondary N) is 2. The first kappa shape index (κ1) is 25.8. The largest absolute Gasteiger partial charge is 0.496 e. The molecular weight excluding hydrogens is 474 g/mol. The molecule has 11 nitrogen and oxygen atoms in total. The van der Waals surface area contributed by atoms with Crippen molar-refractivity contribution in [3.05, 3.63) is 48.2 Å². The van der Waals surface area contributed by atoms with Crippen molar-refractivity contribution in [1.82, 2.24) is 20.4 Å². The molecule has 0 spiro atoms. The first-order valence-corrected chi connectivity index (χ1v) is 12.2. The van der Waals surface area contributed by atoms with Crippen LogP contribution in [0.4, 0.5) is 0 Å². The summed E-state index contributed by atoms with van der Waals surface area (Å²) in [5, 5.41) is 10.3. The minimum Gasteiger partial charge on any atom is -0.496 e. The Kier molecular flexibility index (Phi) is 7.80. The van der Waals surface area contributed by atoms with Crippen LogP contribution in [0.25, 0.3) is 17.0 Å². The third kappa shape index (κ3) is 5.30. The molecule has 1 atom stereocenters. The zero-order chi connectivity index (χ0) is 26.5. The van der Waals surface area contributed by atoms with E-state index in [2.05, 4.69) is 27.1 Å². The fourth-order valence-corrected chi connectivity index (χ4v) is 5.01. The van der Waals surface area contributed by atoms with Crippen LogP contribution in [0, 0.1) is 5.92 Å². The first-order chi connectivity index (χ1) is 17.9. The number of hydrogen-bond donors (Lipinski definition) is 4. The topological polar surface area (TPSA) is 161 Å². The third-order valence-corrected chi connectivity index (χ3v) is 6.97. The number of primary amides is 1. The summed E-state index contributed by atoms with van der Waals surface area (Å²) >= 11 is 0. The highest BCUT2D eigenvalue weighted by atomic mass is 16.5. The van der Waals surface area contributed by atoms with Gasteiger partial charge in [-0.05, 0) is 49.5 Å². The molecule has 2 aliphatic rings.